The molecule has 5 heterocycles. The number of aliphatic carboxylic acids is 1. The molecule has 0 spiro atoms. The average molecular weight is 517 g/mol. The number of carboxylic acid groups (broad SMARTS) is 1. The quantitative estimate of drug-likeness (QED) is 0.205. The van der Waals surface area contributed by atoms with Crippen molar-refractivity contribution < 1.29 is 29.3 Å². The number of carboxylic acids is 1. The van der Waals surface area contributed by atoms with Crippen LogP contribution in [0.5, 0.6) is 0 Å². The Bertz CT molecular complexity index is 1200. The number of aromatic nitrogens is 4. The molecule has 0 amide bonds. The highest BCUT2D eigenvalue weighted by atomic mass is 16.6. The molecular formula is C23H32N8O6. The monoisotopic (exact) mass is 516 g/mol. The van der Waals surface area contributed by atoms with Gasteiger partial charge < -0.3 is 40.8 Å². The van der Waals surface area contributed by atoms with Crippen molar-refractivity contribution >= 4 is 23.0 Å². The molecule has 0 radical (unpaired) electrons. The lowest BCUT2D eigenvalue weighted by Crippen LogP contribution is -2.52. The van der Waals surface area contributed by atoms with E-state index in [1.807, 2.05) is 6.07 Å². The Morgan fingerprint density at radius 2 is 2.03 bits per heavy atom. The third-order valence-electron chi connectivity index (χ3n) is 7.05. The van der Waals surface area contributed by atoms with Crippen molar-refractivity contribution in [3.63, 3.8) is 0 Å². The number of rotatable bonds is 11. The van der Waals surface area contributed by atoms with Gasteiger partial charge in [-0.2, -0.15) is 0 Å². The van der Waals surface area contributed by atoms with Crippen LogP contribution in [0.2, 0.25) is 0 Å². The minimum atomic E-state index is -1.23. The van der Waals surface area contributed by atoms with Crippen LogP contribution in [0.1, 0.15) is 18.2 Å². The number of aliphatic hydroxyl groups excluding tert-OH is 2. The molecule has 0 bridgehead atoms. The normalized spacial score (nSPS) is 25.6. The van der Waals surface area contributed by atoms with Crippen LogP contribution in [0.4, 0.5) is 5.82 Å². The van der Waals surface area contributed by atoms with Crippen molar-refractivity contribution in [1.82, 2.24) is 29.3 Å². The highest BCUT2D eigenvalue weighted by Crippen LogP contribution is 2.33. The first kappa shape index (κ1) is 25.5. The maximum Gasteiger partial charge on any atom is 0.320 e. The van der Waals surface area contributed by atoms with Crippen molar-refractivity contribution in [2.45, 2.75) is 43.5 Å². The van der Waals surface area contributed by atoms with Gasteiger partial charge in [-0.25, -0.2) is 15.0 Å². The molecule has 14 nitrogen and oxygen atoms in total. The smallest absolute Gasteiger partial charge is 0.320 e. The number of carbonyl (C=O) groups is 1. The van der Waals surface area contributed by atoms with E-state index >= 15 is 0 Å². The van der Waals surface area contributed by atoms with Crippen molar-refractivity contribution in [3.8, 4) is 0 Å². The van der Waals surface area contributed by atoms with Crippen LogP contribution in [0.15, 0.2) is 35.7 Å². The van der Waals surface area contributed by atoms with E-state index in [1.165, 1.54) is 17.2 Å². The van der Waals surface area contributed by atoms with Crippen molar-refractivity contribution in [3.05, 3.63) is 36.8 Å². The van der Waals surface area contributed by atoms with Gasteiger partial charge in [0.1, 0.15) is 36.2 Å². The number of nitrogen functional groups attached to an aromatic ring is 1. The minimum absolute atomic E-state index is 0.205. The summed E-state index contributed by atoms with van der Waals surface area (Å²) in [5.41, 5.74) is 13.5. The Morgan fingerprint density at radius 1 is 1.22 bits per heavy atom. The summed E-state index contributed by atoms with van der Waals surface area (Å²) in [5, 5.41) is 30.8. The largest absolute Gasteiger partial charge is 0.480 e. The number of aliphatic hydroxyl groups is 2. The molecule has 14 heteroatoms. The molecule has 0 aliphatic carbocycles. The standard InChI is InChI=1S/C23H32N8O6/c24-15(23(34)35)1-3-29(6-14-7-30(8-14)5-13-2-4-36-10-13)9-16-18(32)19(33)22(37-16)31-12-28-17-20(25)26-11-27-21(17)31/h2,4,10-12,14-16,18-19,22,32-33H,1,3,5-9,24H2,(H,34,35)(H2,25,26,27)/t15-,16+,18+,19+,22+/m0/s1. The molecule has 7 N–H and O–H groups in total. The van der Waals surface area contributed by atoms with Crippen LogP contribution in [0, 0.1) is 5.92 Å². The van der Waals surface area contributed by atoms with Crippen molar-refractivity contribution in [1.29, 1.82) is 0 Å². The fourth-order valence-electron chi connectivity index (χ4n) is 5.05. The molecule has 37 heavy (non-hydrogen) atoms. The second kappa shape index (κ2) is 10.7. The molecule has 0 unspecified atom stereocenters. The number of ether oxygens (including phenoxy) is 1. The Kier molecular flexibility index (Phi) is 7.37. The average Bonchev–Trinajstić information content (AvgIpc) is 3.58. The summed E-state index contributed by atoms with van der Waals surface area (Å²) in [5.74, 6) is -0.489. The van der Waals surface area contributed by atoms with Gasteiger partial charge in [0, 0.05) is 44.8 Å². The number of hydrogen-bond donors (Lipinski definition) is 5. The zero-order chi connectivity index (χ0) is 26.1. The predicted octanol–water partition coefficient (Wildman–Crippen LogP) is -1.14. The summed E-state index contributed by atoms with van der Waals surface area (Å²) < 4.78 is 12.8. The van der Waals surface area contributed by atoms with Gasteiger partial charge in [0.2, 0.25) is 0 Å². The van der Waals surface area contributed by atoms with E-state index in [0.717, 1.165) is 25.2 Å². The van der Waals surface area contributed by atoms with Gasteiger partial charge in [-0.3, -0.25) is 14.3 Å². The Labute approximate surface area is 212 Å². The number of nitrogens with zero attached hydrogens (tertiary/aromatic N) is 6. The fraction of sp³-hybridized carbons (Fsp3) is 0.565. The van der Waals surface area contributed by atoms with E-state index in [2.05, 4.69) is 24.8 Å². The molecule has 3 aromatic rings. The Morgan fingerprint density at radius 3 is 2.76 bits per heavy atom. The van der Waals surface area contributed by atoms with E-state index in [-0.39, 0.29) is 12.2 Å². The topological polar surface area (TPSA) is 202 Å². The molecule has 200 valence electrons. The second-order valence-electron chi connectivity index (χ2n) is 9.81. The Balaban J connectivity index is 1.24. The van der Waals surface area contributed by atoms with E-state index in [9.17, 15) is 20.1 Å². The zero-order valence-electron chi connectivity index (χ0n) is 20.2. The van der Waals surface area contributed by atoms with Gasteiger partial charge >= 0.3 is 5.97 Å². The van der Waals surface area contributed by atoms with Gasteiger partial charge in [0.25, 0.3) is 0 Å². The first-order valence-corrected chi connectivity index (χ1v) is 12.2. The van der Waals surface area contributed by atoms with E-state index in [4.69, 9.17) is 20.6 Å². The number of nitrogens with two attached hydrogens (primary N) is 2. The maximum absolute atomic E-state index is 11.3. The lowest BCUT2D eigenvalue weighted by molar-refractivity contribution is -0.138. The molecule has 3 aromatic heterocycles. The lowest BCUT2D eigenvalue weighted by atomic mass is 9.98. The summed E-state index contributed by atoms with van der Waals surface area (Å²) in [4.78, 5) is 27.9. The van der Waals surface area contributed by atoms with Crippen LogP contribution in [0.3, 0.4) is 0 Å². The third kappa shape index (κ3) is 5.44. The van der Waals surface area contributed by atoms with Crippen LogP contribution >= 0.6 is 0 Å². The first-order valence-electron chi connectivity index (χ1n) is 12.2. The zero-order valence-corrected chi connectivity index (χ0v) is 20.2. The molecular weight excluding hydrogens is 484 g/mol. The van der Waals surface area contributed by atoms with E-state index in [0.29, 0.717) is 36.7 Å². The summed E-state index contributed by atoms with van der Waals surface area (Å²) >= 11 is 0. The van der Waals surface area contributed by atoms with Crippen LogP contribution in [0.25, 0.3) is 11.2 Å². The predicted molar refractivity (Wildman–Crippen MR) is 130 cm³/mol. The first-order chi connectivity index (χ1) is 17.8. The van der Waals surface area contributed by atoms with Crippen molar-refractivity contribution in [2.24, 2.45) is 11.7 Å². The van der Waals surface area contributed by atoms with Crippen LogP contribution in [-0.4, -0.2) is 108 Å². The number of imidazole rings is 1. The van der Waals surface area contributed by atoms with Gasteiger partial charge in [0.05, 0.1) is 18.9 Å². The van der Waals surface area contributed by atoms with Gasteiger partial charge in [-0.1, -0.05) is 0 Å². The maximum atomic E-state index is 11.3. The van der Waals surface area contributed by atoms with Crippen molar-refractivity contribution in [2.75, 3.05) is 38.5 Å². The lowest BCUT2D eigenvalue weighted by Gasteiger charge is -2.42. The number of likely N-dealkylation sites (tertiary alicyclic amines) is 1. The molecule has 2 aliphatic heterocycles. The summed E-state index contributed by atoms with van der Waals surface area (Å²) in [6.07, 6.45) is 2.35. The van der Waals surface area contributed by atoms with Gasteiger partial charge in [-0.15, -0.1) is 0 Å². The van der Waals surface area contributed by atoms with E-state index in [1.54, 1.807) is 12.5 Å². The molecule has 2 saturated heterocycles. The van der Waals surface area contributed by atoms with E-state index < -0.39 is 36.6 Å². The molecule has 0 aromatic carbocycles. The summed E-state index contributed by atoms with van der Waals surface area (Å²) in [6.45, 7) is 3.96. The minimum Gasteiger partial charge on any atom is -0.480 e. The van der Waals surface area contributed by atoms with Gasteiger partial charge in [-0.05, 0) is 18.4 Å². The number of furan rings is 1. The third-order valence-corrected chi connectivity index (χ3v) is 7.05. The molecule has 2 aliphatic rings. The molecule has 0 saturated carbocycles. The van der Waals surface area contributed by atoms with Gasteiger partial charge in [0.15, 0.2) is 17.7 Å². The summed E-state index contributed by atoms with van der Waals surface area (Å²) in [6, 6.07) is 0.953. The second-order valence-corrected chi connectivity index (χ2v) is 9.81. The number of fused-ring (bicyclic) bond motifs is 1. The Hall–Kier alpha value is -3.14. The molecule has 5 atom stereocenters. The SMILES string of the molecule is Nc1ncnc2c1ncn2[C@@H]1O[C@H](CN(CC[C@H](N)C(=O)O)CC2CN(Cc3ccoc3)C2)[C@@H](O)[C@H]1O. The molecule has 5 rings (SSSR count). The highest BCUT2D eigenvalue weighted by molar-refractivity contribution is 5.81. The highest BCUT2D eigenvalue weighted by Gasteiger charge is 2.45. The van der Waals surface area contributed by atoms with Crippen LogP contribution in [-0.2, 0) is 16.1 Å². The summed E-state index contributed by atoms with van der Waals surface area (Å²) in [7, 11) is 0. The van der Waals surface area contributed by atoms with Crippen LogP contribution < -0.4 is 11.5 Å². The number of hydrogen-bond acceptors (Lipinski definition) is 12. The fourth-order valence-corrected chi connectivity index (χ4v) is 5.05. The number of anilines is 1. The molecule has 2 fully saturated rings.